The van der Waals surface area contributed by atoms with Crippen LogP contribution in [0.1, 0.15) is 50.0 Å². The molecule has 28 heavy (non-hydrogen) atoms. The van der Waals surface area contributed by atoms with Crippen LogP contribution in [0, 0.1) is 5.92 Å². The monoisotopic (exact) mass is 380 g/mol. The first kappa shape index (κ1) is 17.9. The van der Waals surface area contributed by atoms with E-state index in [0.717, 1.165) is 29.7 Å². The highest BCUT2D eigenvalue weighted by atomic mass is 16.7. The second-order valence-electron chi connectivity index (χ2n) is 9.14. The highest BCUT2D eigenvalue weighted by molar-refractivity contribution is 6.48. The Kier molecular flexibility index (Phi) is 3.81. The second-order valence-corrected chi connectivity index (χ2v) is 9.14. The molecule has 0 radical (unpaired) electrons. The molecule has 1 aromatic heterocycles. The molecule has 0 bridgehead atoms. The Hall–Kier alpha value is -2.12. The van der Waals surface area contributed by atoms with Crippen LogP contribution in [0.2, 0.25) is 5.82 Å². The molecular formula is C21H25BN2O4. The maximum absolute atomic E-state index is 12.9. The van der Waals surface area contributed by atoms with Crippen molar-refractivity contribution in [2.75, 3.05) is 6.54 Å². The summed E-state index contributed by atoms with van der Waals surface area (Å²) in [5.74, 6) is 1.41. The summed E-state index contributed by atoms with van der Waals surface area (Å²) in [7, 11) is -0.182. The number of carbonyl (C=O) groups excluding carboxylic acids is 1. The third-order valence-electron chi connectivity index (χ3n) is 6.76. The number of hydrogen-bond donors (Lipinski definition) is 0. The zero-order valence-electron chi connectivity index (χ0n) is 16.8. The average Bonchev–Trinajstić information content (AvgIpc) is 2.96. The molecule has 1 saturated carbocycles. The molecule has 6 nitrogen and oxygen atoms in total. The van der Waals surface area contributed by atoms with Crippen molar-refractivity contribution in [3.8, 4) is 11.5 Å². The van der Waals surface area contributed by atoms with Crippen molar-refractivity contribution < 1.29 is 18.5 Å². The third-order valence-corrected chi connectivity index (χ3v) is 6.76. The Balaban J connectivity index is 1.28. The van der Waals surface area contributed by atoms with Gasteiger partial charge in [-0.05, 0) is 63.5 Å². The van der Waals surface area contributed by atoms with Gasteiger partial charge >= 0.3 is 7.12 Å². The minimum atomic E-state index is -0.310. The summed E-state index contributed by atoms with van der Waals surface area (Å²) in [4.78, 5) is 19.1. The minimum absolute atomic E-state index is 0.0861. The smallest absolute Gasteiger partial charge is 0.445 e. The SMILES string of the molecule is CC1(C)OB([C@@H]2C[C@H]2CN2Cc3c(cccc3-c3ncco3)C2=O)OC1(C)C. The Morgan fingerprint density at radius 1 is 1.18 bits per heavy atom. The molecule has 0 spiro atoms. The van der Waals surface area contributed by atoms with Gasteiger partial charge in [-0.2, -0.15) is 0 Å². The van der Waals surface area contributed by atoms with Gasteiger partial charge in [0.15, 0.2) is 0 Å². The van der Waals surface area contributed by atoms with E-state index in [-0.39, 0.29) is 24.2 Å². The zero-order valence-corrected chi connectivity index (χ0v) is 16.8. The molecule has 2 fully saturated rings. The molecule has 1 amide bonds. The molecule has 3 aliphatic rings. The summed E-state index contributed by atoms with van der Waals surface area (Å²) in [6.45, 7) is 9.64. The second kappa shape index (κ2) is 5.94. The van der Waals surface area contributed by atoms with Crippen LogP contribution in [0.5, 0.6) is 0 Å². The van der Waals surface area contributed by atoms with Crippen molar-refractivity contribution in [3.05, 3.63) is 41.8 Å². The van der Waals surface area contributed by atoms with Crippen molar-refractivity contribution >= 4 is 13.0 Å². The summed E-state index contributed by atoms with van der Waals surface area (Å²) < 4.78 is 17.8. The van der Waals surface area contributed by atoms with Crippen LogP contribution in [0.4, 0.5) is 0 Å². The van der Waals surface area contributed by atoms with E-state index < -0.39 is 0 Å². The van der Waals surface area contributed by atoms with Gasteiger partial charge < -0.3 is 18.6 Å². The Morgan fingerprint density at radius 3 is 2.57 bits per heavy atom. The maximum Gasteiger partial charge on any atom is 0.461 e. The molecule has 1 aromatic carbocycles. The molecule has 1 aliphatic carbocycles. The molecule has 7 heteroatoms. The van der Waals surface area contributed by atoms with Crippen molar-refractivity contribution in [1.29, 1.82) is 0 Å². The molecule has 146 valence electrons. The van der Waals surface area contributed by atoms with Gasteiger partial charge in [-0.3, -0.25) is 4.79 Å². The molecule has 2 atom stereocenters. The third kappa shape index (κ3) is 2.71. The highest BCUT2D eigenvalue weighted by Gasteiger charge is 2.60. The molecule has 0 unspecified atom stereocenters. The molecule has 2 aromatic rings. The lowest BCUT2D eigenvalue weighted by molar-refractivity contribution is 0.00578. The molecule has 1 saturated heterocycles. The van der Waals surface area contributed by atoms with E-state index in [1.54, 1.807) is 12.5 Å². The van der Waals surface area contributed by atoms with Crippen LogP contribution in [0.25, 0.3) is 11.5 Å². The number of hydrogen-bond acceptors (Lipinski definition) is 5. The largest absolute Gasteiger partial charge is 0.461 e. The van der Waals surface area contributed by atoms with Gasteiger partial charge in [0.25, 0.3) is 5.91 Å². The van der Waals surface area contributed by atoms with Crippen LogP contribution < -0.4 is 0 Å². The van der Waals surface area contributed by atoms with Gasteiger partial charge in [-0.1, -0.05) is 6.07 Å². The van der Waals surface area contributed by atoms with Gasteiger partial charge in [-0.15, -0.1) is 0 Å². The Bertz CT molecular complexity index is 908. The Morgan fingerprint density at radius 2 is 1.89 bits per heavy atom. The lowest BCUT2D eigenvalue weighted by atomic mass is 9.80. The van der Waals surface area contributed by atoms with E-state index in [4.69, 9.17) is 13.7 Å². The molecular weight excluding hydrogens is 355 g/mol. The first-order valence-corrected chi connectivity index (χ1v) is 9.93. The normalized spacial score (nSPS) is 27.4. The van der Waals surface area contributed by atoms with Gasteiger partial charge in [-0.25, -0.2) is 4.98 Å². The number of oxazole rings is 1. The van der Waals surface area contributed by atoms with E-state index in [9.17, 15) is 4.79 Å². The summed E-state index contributed by atoms with van der Waals surface area (Å²) in [5, 5.41) is 0. The van der Waals surface area contributed by atoms with Crippen LogP contribution >= 0.6 is 0 Å². The minimum Gasteiger partial charge on any atom is -0.445 e. The first-order chi connectivity index (χ1) is 13.3. The number of amides is 1. The number of carbonyl (C=O) groups is 1. The highest BCUT2D eigenvalue weighted by Crippen LogP contribution is 2.53. The van der Waals surface area contributed by atoms with E-state index in [0.29, 0.717) is 24.2 Å². The number of fused-ring (bicyclic) bond motifs is 1. The van der Waals surface area contributed by atoms with Crippen LogP contribution in [-0.2, 0) is 15.9 Å². The van der Waals surface area contributed by atoms with Crippen molar-refractivity contribution in [2.45, 2.75) is 57.7 Å². The number of aromatic nitrogens is 1. The van der Waals surface area contributed by atoms with E-state index in [1.807, 2.05) is 23.1 Å². The lowest BCUT2D eigenvalue weighted by Gasteiger charge is -2.32. The summed E-state index contributed by atoms with van der Waals surface area (Å²) >= 11 is 0. The fraction of sp³-hybridized carbons (Fsp3) is 0.524. The van der Waals surface area contributed by atoms with E-state index in [1.165, 1.54) is 0 Å². The van der Waals surface area contributed by atoms with Crippen LogP contribution in [0.15, 0.2) is 35.1 Å². The zero-order chi connectivity index (χ0) is 19.7. The number of rotatable bonds is 4. The molecule has 0 N–H and O–H groups in total. The van der Waals surface area contributed by atoms with Crippen LogP contribution in [0.3, 0.4) is 0 Å². The topological polar surface area (TPSA) is 64.8 Å². The van der Waals surface area contributed by atoms with Gasteiger partial charge in [0.1, 0.15) is 6.26 Å². The molecule has 5 rings (SSSR count). The van der Waals surface area contributed by atoms with Crippen molar-refractivity contribution in [1.82, 2.24) is 9.88 Å². The standard InChI is InChI=1S/C21H25BN2O4/c1-20(2)21(3,4)28-22(27-20)17-10-13(17)11-24-12-16-14(18-23-8-9-26-18)6-5-7-15(16)19(24)25/h5-9,13,17H,10-12H2,1-4H3/t13-,17+/m0/s1. The fourth-order valence-electron chi connectivity index (χ4n) is 4.26. The maximum atomic E-state index is 12.9. The summed E-state index contributed by atoms with van der Waals surface area (Å²) in [6, 6.07) is 5.75. The van der Waals surface area contributed by atoms with Crippen LogP contribution in [-0.4, -0.2) is 40.7 Å². The predicted molar refractivity (Wildman–Crippen MR) is 105 cm³/mol. The fourth-order valence-corrected chi connectivity index (χ4v) is 4.26. The van der Waals surface area contributed by atoms with Crippen molar-refractivity contribution in [3.63, 3.8) is 0 Å². The van der Waals surface area contributed by atoms with E-state index in [2.05, 4.69) is 32.7 Å². The number of benzene rings is 1. The quantitative estimate of drug-likeness (QED) is 0.756. The Labute approximate surface area is 165 Å². The van der Waals surface area contributed by atoms with E-state index >= 15 is 0 Å². The summed E-state index contributed by atoms with van der Waals surface area (Å²) in [6.07, 6.45) is 4.22. The first-order valence-electron chi connectivity index (χ1n) is 9.93. The van der Waals surface area contributed by atoms with Crippen molar-refractivity contribution in [2.24, 2.45) is 5.92 Å². The predicted octanol–water partition coefficient (Wildman–Crippen LogP) is 3.78. The van der Waals surface area contributed by atoms with Gasteiger partial charge in [0.05, 0.1) is 17.4 Å². The summed E-state index contributed by atoms with van der Waals surface area (Å²) in [5.41, 5.74) is 2.04. The average molecular weight is 380 g/mol. The van der Waals surface area contributed by atoms with Gasteiger partial charge in [0, 0.05) is 24.2 Å². The van der Waals surface area contributed by atoms with Gasteiger partial charge in [0.2, 0.25) is 5.89 Å². The number of nitrogens with zero attached hydrogens (tertiary/aromatic N) is 2. The molecule has 3 heterocycles. The lowest BCUT2D eigenvalue weighted by Crippen LogP contribution is -2.41. The molecule has 2 aliphatic heterocycles.